The number of aromatic nitrogens is 2. The second-order valence-corrected chi connectivity index (χ2v) is 6.49. The number of alkyl halides is 3. The molecule has 0 amide bonds. The summed E-state index contributed by atoms with van der Waals surface area (Å²) in [5, 5.41) is 13.2. The van der Waals surface area contributed by atoms with Crippen LogP contribution in [0.25, 0.3) is 0 Å². The molecule has 0 saturated heterocycles. The first-order valence-electron chi connectivity index (χ1n) is 7.64. The fourth-order valence-electron chi connectivity index (χ4n) is 2.58. The molecule has 1 N–H and O–H groups in total. The Morgan fingerprint density at radius 2 is 1.86 bits per heavy atom. The minimum Gasteiger partial charge on any atom is -0.380 e. The monoisotopic (exact) mass is 436 g/mol. The third kappa shape index (κ3) is 3.78. The summed E-state index contributed by atoms with van der Waals surface area (Å²) in [4.78, 5) is 12.0. The number of benzene rings is 2. The summed E-state index contributed by atoms with van der Waals surface area (Å²) in [5.41, 5.74) is -1.60. The largest absolute Gasteiger partial charge is 0.441 e. The van der Waals surface area contributed by atoms with Gasteiger partial charge in [0.1, 0.15) is 11.9 Å². The van der Waals surface area contributed by atoms with Gasteiger partial charge in [0.25, 0.3) is 0 Å². The zero-order valence-corrected chi connectivity index (χ0v) is 15.2. The summed E-state index contributed by atoms with van der Waals surface area (Å²) in [5.74, 6) is -2.24. The topological polar surface area (TPSA) is 68.3 Å². The zero-order chi connectivity index (χ0) is 20.6. The van der Waals surface area contributed by atoms with Crippen molar-refractivity contribution < 1.29 is 27.2 Å². The van der Waals surface area contributed by atoms with Gasteiger partial charge in [0.2, 0.25) is 0 Å². The maximum absolute atomic E-state index is 14.0. The Labute approximate surface area is 164 Å². The van der Waals surface area contributed by atoms with Crippen LogP contribution in [0.1, 0.15) is 28.6 Å². The lowest BCUT2D eigenvalue weighted by Crippen LogP contribution is -2.21. The number of nitrogens with zero attached hydrogens (tertiary/aromatic N) is 2. The standard InChI is InChI=1S/C17H10Cl2F4N2O3/c18-11-5-2-6-12(20)9(11)7-25-15(24-28-16(25)27)14(26)8-3-1-4-10(13(8)19)17(21,22)23/h1-6,14,26H,7H2. The Morgan fingerprint density at radius 1 is 1.18 bits per heavy atom. The Hall–Kier alpha value is -2.36. The molecule has 2 aromatic carbocycles. The van der Waals surface area contributed by atoms with Crippen LogP contribution in [-0.2, 0) is 12.7 Å². The summed E-state index contributed by atoms with van der Waals surface area (Å²) >= 11 is 11.7. The SMILES string of the molecule is O=c1onc(C(O)c2cccc(C(F)(F)F)c2Cl)n1Cc1c(F)cccc1Cl. The van der Waals surface area contributed by atoms with Gasteiger partial charge in [-0.15, -0.1) is 0 Å². The third-order valence-corrected chi connectivity index (χ3v) is 4.74. The lowest BCUT2D eigenvalue weighted by atomic mass is 10.0. The molecule has 0 bridgehead atoms. The van der Waals surface area contributed by atoms with Crippen molar-refractivity contribution in [1.29, 1.82) is 0 Å². The molecule has 1 heterocycles. The van der Waals surface area contributed by atoms with E-state index in [9.17, 15) is 27.5 Å². The van der Waals surface area contributed by atoms with E-state index >= 15 is 0 Å². The highest BCUT2D eigenvalue weighted by atomic mass is 35.5. The van der Waals surface area contributed by atoms with Crippen molar-refractivity contribution in [3.63, 3.8) is 0 Å². The van der Waals surface area contributed by atoms with E-state index in [4.69, 9.17) is 23.2 Å². The predicted octanol–water partition coefficient (Wildman–Crippen LogP) is 4.43. The molecule has 1 atom stereocenters. The van der Waals surface area contributed by atoms with Gasteiger partial charge < -0.3 is 5.11 Å². The van der Waals surface area contributed by atoms with Gasteiger partial charge in [-0.2, -0.15) is 13.2 Å². The molecule has 28 heavy (non-hydrogen) atoms. The van der Waals surface area contributed by atoms with Crippen LogP contribution in [0.15, 0.2) is 45.7 Å². The van der Waals surface area contributed by atoms with Crippen LogP contribution in [0.5, 0.6) is 0 Å². The van der Waals surface area contributed by atoms with E-state index in [0.717, 1.165) is 28.8 Å². The molecule has 0 fully saturated rings. The van der Waals surface area contributed by atoms with E-state index in [1.165, 1.54) is 12.1 Å². The molecule has 0 aliphatic heterocycles. The minimum atomic E-state index is -4.75. The Bertz CT molecular complexity index is 1060. The average molecular weight is 437 g/mol. The van der Waals surface area contributed by atoms with Crippen LogP contribution in [0.4, 0.5) is 17.6 Å². The molecule has 1 aromatic heterocycles. The summed E-state index contributed by atoms with van der Waals surface area (Å²) in [7, 11) is 0. The molecule has 1 unspecified atom stereocenters. The maximum Gasteiger partial charge on any atom is 0.441 e. The smallest absolute Gasteiger partial charge is 0.380 e. The van der Waals surface area contributed by atoms with Crippen LogP contribution in [0.2, 0.25) is 10.0 Å². The van der Waals surface area contributed by atoms with Gasteiger partial charge in [-0.1, -0.05) is 46.6 Å². The van der Waals surface area contributed by atoms with Crippen LogP contribution >= 0.6 is 23.2 Å². The van der Waals surface area contributed by atoms with Crippen molar-refractivity contribution in [3.05, 3.63) is 85.3 Å². The van der Waals surface area contributed by atoms with E-state index in [1.807, 2.05) is 0 Å². The molecule has 3 rings (SSSR count). The highest BCUT2D eigenvalue weighted by Gasteiger charge is 2.35. The summed E-state index contributed by atoms with van der Waals surface area (Å²) < 4.78 is 58.4. The van der Waals surface area contributed by atoms with Crippen molar-refractivity contribution >= 4 is 23.2 Å². The van der Waals surface area contributed by atoms with E-state index < -0.39 is 46.8 Å². The maximum atomic E-state index is 14.0. The van der Waals surface area contributed by atoms with Crippen molar-refractivity contribution in [2.24, 2.45) is 0 Å². The fraction of sp³-hybridized carbons (Fsp3) is 0.176. The van der Waals surface area contributed by atoms with Gasteiger partial charge >= 0.3 is 11.9 Å². The Morgan fingerprint density at radius 3 is 2.50 bits per heavy atom. The molecule has 0 aliphatic rings. The fourth-order valence-corrected chi connectivity index (χ4v) is 3.14. The molecule has 0 radical (unpaired) electrons. The average Bonchev–Trinajstić information content (AvgIpc) is 2.97. The van der Waals surface area contributed by atoms with Crippen molar-refractivity contribution in [3.8, 4) is 0 Å². The quantitative estimate of drug-likeness (QED) is 0.614. The predicted molar refractivity (Wildman–Crippen MR) is 91.8 cm³/mol. The lowest BCUT2D eigenvalue weighted by Gasteiger charge is -2.16. The van der Waals surface area contributed by atoms with Gasteiger partial charge in [-0.3, -0.25) is 9.09 Å². The number of rotatable bonds is 4. The summed E-state index contributed by atoms with van der Waals surface area (Å²) in [6.45, 7) is -0.461. The summed E-state index contributed by atoms with van der Waals surface area (Å²) in [6.07, 6.45) is -6.59. The van der Waals surface area contributed by atoms with Gasteiger partial charge in [-0.25, -0.2) is 9.18 Å². The Kier molecular flexibility index (Phi) is 5.51. The molecule has 5 nitrogen and oxygen atoms in total. The van der Waals surface area contributed by atoms with Crippen LogP contribution in [-0.4, -0.2) is 14.8 Å². The van der Waals surface area contributed by atoms with E-state index in [2.05, 4.69) is 9.68 Å². The number of hydrogen-bond acceptors (Lipinski definition) is 4. The third-order valence-electron chi connectivity index (χ3n) is 3.97. The highest BCUT2D eigenvalue weighted by Crippen LogP contribution is 2.39. The first-order chi connectivity index (χ1) is 13.1. The Balaban J connectivity index is 2.06. The van der Waals surface area contributed by atoms with Crippen LogP contribution in [0.3, 0.4) is 0 Å². The zero-order valence-electron chi connectivity index (χ0n) is 13.7. The first kappa shape index (κ1) is 20.4. The number of halogens is 6. The van der Waals surface area contributed by atoms with Crippen LogP contribution < -0.4 is 5.76 Å². The van der Waals surface area contributed by atoms with Gasteiger partial charge in [0.15, 0.2) is 5.82 Å². The second kappa shape index (κ2) is 7.57. The van der Waals surface area contributed by atoms with Gasteiger partial charge in [0, 0.05) is 16.1 Å². The minimum absolute atomic E-state index is 0.00522. The van der Waals surface area contributed by atoms with E-state index in [1.54, 1.807) is 0 Å². The van der Waals surface area contributed by atoms with Crippen molar-refractivity contribution in [2.45, 2.75) is 18.8 Å². The van der Waals surface area contributed by atoms with Crippen molar-refractivity contribution in [1.82, 2.24) is 9.72 Å². The lowest BCUT2D eigenvalue weighted by molar-refractivity contribution is -0.137. The molecular weight excluding hydrogens is 427 g/mol. The van der Waals surface area contributed by atoms with Crippen LogP contribution in [0, 0.1) is 5.82 Å². The molecule has 0 aliphatic carbocycles. The molecule has 11 heteroatoms. The first-order valence-corrected chi connectivity index (χ1v) is 8.39. The van der Waals surface area contributed by atoms with E-state index in [-0.39, 0.29) is 16.1 Å². The number of aliphatic hydroxyl groups is 1. The molecule has 0 spiro atoms. The summed E-state index contributed by atoms with van der Waals surface area (Å²) in [6, 6.07) is 6.78. The molecule has 148 valence electrons. The number of aliphatic hydroxyl groups excluding tert-OH is 1. The number of hydrogen-bond donors (Lipinski definition) is 1. The highest BCUT2D eigenvalue weighted by molar-refractivity contribution is 6.32. The van der Waals surface area contributed by atoms with Gasteiger partial charge in [0.05, 0.1) is 17.1 Å². The molecular formula is C17H10Cl2F4N2O3. The normalized spacial score (nSPS) is 13.0. The second-order valence-electron chi connectivity index (χ2n) is 5.70. The van der Waals surface area contributed by atoms with Gasteiger partial charge in [-0.05, 0) is 18.2 Å². The van der Waals surface area contributed by atoms with E-state index in [0.29, 0.717) is 0 Å². The molecule has 0 saturated carbocycles. The van der Waals surface area contributed by atoms with Crippen molar-refractivity contribution in [2.75, 3.05) is 0 Å². The molecule has 3 aromatic rings.